The molecule has 0 spiro atoms. The number of carbonyl (C=O) groups is 1. The maximum absolute atomic E-state index is 14.3. The molecule has 0 aliphatic carbocycles. The summed E-state index contributed by atoms with van der Waals surface area (Å²) in [5, 5.41) is 6.40. The van der Waals surface area contributed by atoms with E-state index in [9.17, 15) is 9.18 Å². The van der Waals surface area contributed by atoms with Gasteiger partial charge < -0.3 is 15.4 Å². The maximum Gasteiger partial charge on any atom is 0.337 e. The molecule has 1 aliphatic heterocycles. The molecule has 0 saturated carbocycles. The first-order chi connectivity index (χ1) is 10.5. The number of methoxy groups -OCH3 is 1. The minimum absolute atomic E-state index is 0.182. The monoisotopic (exact) mass is 342 g/mol. The number of carbonyl (C=O) groups excluding carboxylic acids is 1. The zero-order chi connectivity index (χ0) is 16.3. The first-order valence-electron chi connectivity index (χ1n) is 6.82. The highest BCUT2D eigenvalue weighted by molar-refractivity contribution is 7.80. The second kappa shape index (κ2) is 7.07. The van der Waals surface area contributed by atoms with Gasteiger partial charge in [-0.1, -0.05) is 31.0 Å². The lowest BCUT2D eigenvalue weighted by Crippen LogP contribution is -2.46. The fourth-order valence-electron chi connectivity index (χ4n) is 2.42. The topological polar surface area (TPSA) is 50.4 Å². The zero-order valence-corrected chi connectivity index (χ0v) is 13.8. The van der Waals surface area contributed by atoms with Gasteiger partial charge in [-0.3, -0.25) is 0 Å². The van der Waals surface area contributed by atoms with Gasteiger partial charge >= 0.3 is 5.97 Å². The number of hydrogen-bond donors (Lipinski definition) is 2. The van der Waals surface area contributed by atoms with E-state index in [2.05, 4.69) is 10.6 Å². The Kier molecular flexibility index (Phi) is 5.37. The molecule has 2 N–H and O–H groups in total. The molecule has 118 valence electrons. The van der Waals surface area contributed by atoms with Crippen LogP contribution < -0.4 is 10.6 Å². The number of ether oxygens (including phenoxy) is 1. The molecule has 1 aromatic carbocycles. The Balaban J connectivity index is 2.62. The summed E-state index contributed by atoms with van der Waals surface area (Å²) in [5.74, 6) is -1.05. The average molecular weight is 343 g/mol. The number of halogens is 2. The molecule has 4 nitrogen and oxygen atoms in total. The van der Waals surface area contributed by atoms with Gasteiger partial charge in [-0.05, 0) is 30.8 Å². The molecular weight excluding hydrogens is 327 g/mol. The van der Waals surface area contributed by atoms with Crippen molar-refractivity contribution in [2.24, 2.45) is 0 Å². The molecule has 1 aromatic rings. The number of benzene rings is 1. The van der Waals surface area contributed by atoms with Crippen molar-refractivity contribution in [2.45, 2.75) is 25.8 Å². The van der Waals surface area contributed by atoms with E-state index in [1.165, 1.54) is 19.2 Å². The van der Waals surface area contributed by atoms with Crippen molar-refractivity contribution in [1.82, 2.24) is 10.6 Å². The van der Waals surface area contributed by atoms with Crippen molar-refractivity contribution in [3.8, 4) is 0 Å². The van der Waals surface area contributed by atoms with Crippen LogP contribution in [-0.2, 0) is 9.53 Å². The smallest absolute Gasteiger partial charge is 0.337 e. The summed E-state index contributed by atoms with van der Waals surface area (Å²) >= 11 is 11.3. The summed E-state index contributed by atoms with van der Waals surface area (Å²) in [7, 11) is 1.28. The Labute approximate surface area is 138 Å². The molecule has 1 unspecified atom stereocenters. The number of nitrogens with one attached hydrogen (secondary N) is 2. The highest BCUT2D eigenvalue weighted by atomic mass is 35.5. The van der Waals surface area contributed by atoms with E-state index in [1.54, 1.807) is 6.07 Å². The van der Waals surface area contributed by atoms with E-state index in [1.807, 2.05) is 6.92 Å². The number of thiocarbonyl (C=S) groups is 1. The summed E-state index contributed by atoms with van der Waals surface area (Å²) in [6.45, 7) is 1.97. The summed E-state index contributed by atoms with van der Waals surface area (Å²) in [4.78, 5) is 12.2. The summed E-state index contributed by atoms with van der Waals surface area (Å²) in [5.41, 5.74) is 1.11. The minimum Gasteiger partial charge on any atom is -0.466 e. The molecule has 22 heavy (non-hydrogen) atoms. The van der Waals surface area contributed by atoms with Gasteiger partial charge in [0.05, 0.1) is 18.7 Å². The number of esters is 1. The third-order valence-electron chi connectivity index (χ3n) is 3.35. The van der Waals surface area contributed by atoms with Gasteiger partial charge in [-0.25, -0.2) is 9.18 Å². The number of rotatable bonds is 4. The second-order valence-corrected chi connectivity index (χ2v) is 5.62. The second-order valence-electron chi connectivity index (χ2n) is 4.80. The minimum atomic E-state index is -0.781. The van der Waals surface area contributed by atoms with E-state index in [4.69, 9.17) is 28.6 Å². The zero-order valence-electron chi connectivity index (χ0n) is 12.2. The maximum atomic E-state index is 14.3. The summed E-state index contributed by atoms with van der Waals surface area (Å²) < 4.78 is 19.1. The lowest BCUT2D eigenvalue weighted by atomic mass is 9.93. The molecule has 0 saturated heterocycles. The largest absolute Gasteiger partial charge is 0.466 e. The molecule has 0 fully saturated rings. The van der Waals surface area contributed by atoms with Crippen LogP contribution in [-0.4, -0.2) is 18.2 Å². The van der Waals surface area contributed by atoms with Gasteiger partial charge in [0.25, 0.3) is 0 Å². The van der Waals surface area contributed by atoms with Gasteiger partial charge in [-0.2, -0.15) is 0 Å². The van der Waals surface area contributed by atoms with Crippen molar-refractivity contribution >= 4 is 34.9 Å². The predicted octanol–water partition coefficient (Wildman–Crippen LogP) is 3.23. The van der Waals surface area contributed by atoms with Crippen molar-refractivity contribution in [3.05, 3.63) is 45.9 Å². The van der Waals surface area contributed by atoms with Crippen LogP contribution in [0.5, 0.6) is 0 Å². The summed E-state index contributed by atoms with van der Waals surface area (Å²) in [6, 6.07) is 3.59. The fourth-order valence-corrected chi connectivity index (χ4v) is 2.93. The first-order valence-corrected chi connectivity index (χ1v) is 7.61. The fraction of sp³-hybridized carbons (Fsp3) is 0.333. The molecule has 0 amide bonds. The van der Waals surface area contributed by atoms with Crippen molar-refractivity contribution in [3.63, 3.8) is 0 Å². The van der Waals surface area contributed by atoms with Gasteiger partial charge in [-0.15, -0.1) is 0 Å². The van der Waals surface area contributed by atoms with Crippen molar-refractivity contribution in [1.29, 1.82) is 0 Å². The molecule has 1 atom stereocenters. The van der Waals surface area contributed by atoms with Crippen molar-refractivity contribution in [2.75, 3.05) is 7.11 Å². The third-order valence-corrected chi connectivity index (χ3v) is 3.90. The van der Waals surface area contributed by atoms with E-state index in [-0.39, 0.29) is 10.6 Å². The predicted molar refractivity (Wildman–Crippen MR) is 87.0 cm³/mol. The number of hydrogen-bond acceptors (Lipinski definition) is 3. The molecular formula is C15H16ClFN2O2S. The van der Waals surface area contributed by atoms with E-state index in [0.29, 0.717) is 22.8 Å². The van der Waals surface area contributed by atoms with Crippen LogP contribution >= 0.6 is 23.8 Å². The quantitative estimate of drug-likeness (QED) is 0.650. The summed E-state index contributed by atoms with van der Waals surface area (Å²) in [6.07, 6.45) is 1.39. The van der Waals surface area contributed by atoms with Crippen LogP contribution in [0.3, 0.4) is 0 Å². The molecule has 1 heterocycles. The van der Waals surface area contributed by atoms with Crippen LogP contribution in [0.15, 0.2) is 29.5 Å². The molecule has 0 bridgehead atoms. The Morgan fingerprint density at radius 2 is 2.23 bits per heavy atom. The van der Waals surface area contributed by atoms with Gasteiger partial charge in [0, 0.05) is 16.3 Å². The normalized spacial score (nSPS) is 17.8. The third kappa shape index (κ3) is 3.23. The SMILES string of the molecule is CCCC1=C(C(=O)OC)C(c2c(F)cccc2Cl)NC(=S)N1. The van der Waals surface area contributed by atoms with Crippen LogP contribution in [0, 0.1) is 5.82 Å². The van der Waals surface area contributed by atoms with E-state index in [0.717, 1.165) is 6.42 Å². The molecule has 0 radical (unpaired) electrons. The highest BCUT2D eigenvalue weighted by Gasteiger charge is 2.34. The average Bonchev–Trinajstić information content (AvgIpc) is 2.46. The Morgan fingerprint density at radius 1 is 1.50 bits per heavy atom. The van der Waals surface area contributed by atoms with Gasteiger partial charge in [0.1, 0.15) is 5.82 Å². The molecule has 2 rings (SSSR count). The van der Waals surface area contributed by atoms with Crippen LogP contribution in [0.2, 0.25) is 5.02 Å². The van der Waals surface area contributed by atoms with Crippen LogP contribution in [0.1, 0.15) is 31.4 Å². The molecule has 1 aliphatic rings. The van der Waals surface area contributed by atoms with Crippen LogP contribution in [0.25, 0.3) is 0 Å². The standard InChI is InChI=1S/C15H16ClFN2O2S/c1-3-5-10-12(14(20)21-2)13(19-15(22)18-10)11-8(16)6-4-7-9(11)17/h4,6-7,13H,3,5H2,1-2H3,(H2,18,19,22). The Bertz CT molecular complexity index is 628. The molecule has 0 aromatic heterocycles. The van der Waals surface area contributed by atoms with Crippen molar-refractivity contribution < 1.29 is 13.9 Å². The Morgan fingerprint density at radius 3 is 2.82 bits per heavy atom. The number of allylic oxidation sites excluding steroid dienone is 1. The highest BCUT2D eigenvalue weighted by Crippen LogP contribution is 2.34. The van der Waals surface area contributed by atoms with E-state index >= 15 is 0 Å². The van der Waals surface area contributed by atoms with Gasteiger partial charge in [0.15, 0.2) is 5.11 Å². The van der Waals surface area contributed by atoms with Crippen LogP contribution in [0.4, 0.5) is 4.39 Å². The lowest BCUT2D eigenvalue weighted by molar-refractivity contribution is -0.136. The first kappa shape index (κ1) is 16.7. The van der Waals surface area contributed by atoms with Gasteiger partial charge in [0.2, 0.25) is 0 Å². The lowest BCUT2D eigenvalue weighted by Gasteiger charge is -2.31. The molecule has 7 heteroatoms. The Hall–Kier alpha value is -1.66. The van der Waals surface area contributed by atoms with E-state index < -0.39 is 17.8 Å².